The fourth-order valence-corrected chi connectivity index (χ4v) is 3.82. The molecule has 1 aromatic carbocycles. The van der Waals surface area contributed by atoms with Crippen LogP contribution in [0.25, 0.3) is 5.69 Å². The Balaban J connectivity index is 2.69. The van der Waals surface area contributed by atoms with Gasteiger partial charge < -0.3 is 0 Å². The van der Waals surface area contributed by atoms with Gasteiger partial charge in [0.25, 0.3) is 15.1 Å². The van der Waals surface area contributed by atoms with Crippen LogP contribution in [0.3, 0.4) is 0 Å². The summed E-state index contributed by atoms with van der Waals surface area (Å²) in [6.07, 6.45) is 0. The second kappa shape index (κ2) is 7.68. The van der Waals surface area contributed by atoms with Gasteiger partial charge in [0, 0.05) is 13.1 Å². The van der Waals surface area contributed by atoms with Crippen molar-refractivity contribution in [2.24, 2.45) is 0 Å². The largest absolute Gasteiger partial charge is 0.355 e. The lowest BCUT2D eigenvalue weighted by Crippen LogP contribution is -2.38. The number of sulfonamides is 1. The number of benzene rings is 1. The van der Waals surface area contributed by atoms with Crippen LogP contribution in [0.2, 0.25) is 5.02 Å². The Kier molecular flexibility index (Phi) is 6.07. The molecule has 2 aromatic rings. The Bertz CT molecular complexity index is 1100. The molecular formula is C15H16ClF3N4O4S. The summed E-state index contributed by atoms with van der Waals surface area (Å²) in [5.74, 6) is -1.56. The predicted octanol–water partition coefficient (Wildman–Crippen LogP) is 2.34. The molecule has 0 bridgehead atoms. The van der Waals surface area contributed by atoms with Crippen molar-refractivity contribution in [2.75, 3.05) is 7.05 Å². The number of halogens is 4. The summed E-state index contributed by atoms with van der Waals surface area (Å²) in [5.41, 5.74) is -2.68. The number of nitrogens with zero attached hydrogens (tertiary/aromatic N) is 4. The summed E-state index contributed by atoms with van der Waals surface area (Å²) < 4.78 is 66.2. The van der Waals surface area contributed by atoms with E-state index in [1.165, 1.54) is 20.9 Å². The van der Waals surface area contributed by atoms with Crippen LogP contribution in [0.15, 0.2) is 16.9 Å². The van der Waals surface area contributed by atoms with E-state index in [0.717, 1.165) is 11.2 Å². The van der Waals surface area contributed by atoms with Crippen molar-refractivity contribution in [3.05, 3.63) is 44.8 Å². The molecule has 0 aliphatic rings. The lowest BCUT2D eigenvalue weighted by Gasteiger charge is -2.20. The highest BCUT2D eigenvalue weighted by atomic mass is 35.5. The highest BCUT2D eigenvalue weighted by Gasteiger charge is 2.33. The van der Waals surface area contributed by atoms with Gasteiger partial charge in [-0.05, 0) is 32.9 Å². The fraction of sp³-hybridized carbons (Fsp3) is 0.400. The first-order valence-electron chi connectivity index (χ1n) is 7.78. The minimum absolute atomic E-state index is 0.0127. The van der Waals surface area contributed by atoms with Crippen molar-refractivity contribution in [3.63, 3.8) is 0 Å². The third-order valence-corrected chi connectivity index (χ3v) is 6.18. The quantitative estimate of drug-likeness (QED) is 0.711. The topological polar surface area (TPSA) is 94.3 Å². The van der Waals surface area contributed by atoms with Crippen LogP contribution in [0, 0.1) is 12.7 Å². The van der Waals surface area contributed by atoms with Crippen molar-refractivity contribution in [1.82, 2.24) is 18.7 Å². The molecule has 0 unspecified atom stereocenters. The number of hydrogen-bond acceptors (Lipinski definition) is 5. The summed E-state index contributed by atoms with van der Waals surface area (Å²) in [5, 5.41) is 1.59. The van der Waals surface area contributed by atoms with Gasteiger partial charge in [0.15, 0.2) is 5.82 Å². The molecule has 1 heterocycles. The number of rotatable bonds is 5. The average molecular weight is 441 g/mol. The minimum atomic E-state index is -4.50. The lowest BCUT2D eigenvalue weighted by atomic mass is 10.2. The van der Waals surface area contributed by atoms with E-state index in [2.05, 4.69) is 5.10 Å². The maximum Gasteiger partial charge on any atom is 0.355 e. The van der Waals surface area contributed by atoms with Gasteiger partial charge in [-0.1, -0.05) is 11.6 Å². The first-order valence-corrected chi connectivity index (χ1v) is 9.60. The number of carbonyl (C=O) groups excluding carboxylic acids is 1. The molecule has 0 aliphatic carbocycles. The van der Waals surface area contributed by atoms with Crippen LogP contribution in [-0.2, 0) is 10.0 Å². The van der Waals surface area contributed by atoms with Gasteiger partial charge in [-0.15, -0.1) is 5.10 Å². The molecule has 0 fully saturated rings. The lowest BCUT2D eigenvalue weighted by molar-refractivity contribution is 0.0640. The van der Waals surface area contributed by atoms with E-state index in [0.29, 0.717) is 16.8 Å². The monoisotopic (exact) mass is 440 g/mol. The Morgan fingerprint density at radius 1 is 1.29 bits per heavy atom. The Labute approximate surface area is 163 Å². The van der Waals surface area contributed by atoms with Crippen LogP contribution >= 0.6 is 11.6 Å². The molecular weight excluding hydrogens is 425 g/mol. The van der Waals surface area contributed by atoms with Crippen molar-refractivity contribution in [2.45, 2.75) is 33.4 Å². The highest BCUT2D eigenvalue weighted by molar-refractivity contribution is 8.04. The van der Waals surface area contributed by atoms with Gasteiger partial charge in [0.05, 0.1) is 10.6 Å². The summed E-state index contributed by atoms with van der Waals surface area (Å²) in [6, 6.07) is 0.743. The zero-order chi connectivity index (χ0) is 21.5. The molecule has 8 nitrogen and oxygen atoms in total. The van der Waals surface area contributed by atoms with E-state index in [1.807, 2.05) is 0 Å². The van der Waals surface area contributed by atoms with Gasteiger partial charge in [0.1, 0.15) is 11.5 Å². The molecule has 0 atom stereocenters. The third-order valence-electron chi connectivity index (χ3n) is 4.00. The van der Waals surface area contributed by atoms with Gasteiger partial charge in [0.2, 0.25) is 0 Å². The number of carbonyl (C=O) groups is 1. The average Bonchev–Trinajstić information content (AvgIpc) is 2.87. The number of alkyl halides is 2. The van der Waals surface area contributed by atoms with Crippen LogP contribution in [-0.4, -0.2) is 45.3 Å². The zero-order valence-corrected chi connectivity index (χ0v) is 16.7. The first-order chi connectivity index (χ1) is 12.8. The fourth-order valence-electron chi connectivity index (χ4n) is 2.26. The van der Waals surface area contributed by atoms with E-state index < -0.39 is 61.3 Å². The third kappa shape index (κ3) is 3.71. The first kappa shape index (κ1) is 22.1. The molecule has 28 heavy (non-hydrogen) atoms. The molecule has 0 N–H and O–H groups in total. The molecule has 1 aromatic heterocycles. The van der Waals surface area contributed by atoms with Crippen molar-refractivity contribution in [3.8, 4) is 5.69 Å². The van der Waals surface area contributed by atoms with Crippen LogP contribution in [0.5, 0.6) is 0 Å². The van der Waals surface area contributed by atoms with Crippen LogP contribution in [0.1, 0.15) is 36.6 Å². The molecule has 13 heteroatoms. The number of hydrogen-bond donors (Lipinski definition) is 0. The second-order valence-electron chi connectivity index (χ2n) is 6.08. The molecule has 0 spiro atoms. The number of aryl methyl sites for hydroxylation is 1. The second-order valence-corrected chi connectivity index (χ2v) is 8.38. The predicted molar refractivity (Wildman–Crippen MR) is 94.9 cm³/mol. The normalized spacial score (nSPS) is 12.4. The molecule has 0 radical (unpaired) electrons. The molecule has 2 rings (SSSR count). The Hall–Kier alpha value is -2.18. The van der Waals surface area contributed by atoms with Gasteiger partial charge in [-0.3, -0.25) is 4.79 Å². The highest BCUT2D eigenvalue weighted by Crippen LogP contribution is 2.26. The number of aromatic nitrogens is 3. The van der Waals surface area contributed by atoms with Gasteiger partial charge >= 0.3 is 12.2 Å². The van der Waals surface area contributed by atoms with Crippen molar-refractivity contribution in [1.29, 1.82) is 0 Å². The molecule has 154 valence electrons. The van der Waals surface area contributed by atoms with E-state index >= 15 is 0 Å². The van der Waals surface area contributed by atoms with Crippen LogP contribution < -0.4 is 5.69 Å². The maximum atomic E-state index is 14.3. The van der Waals surface area contributed by atoms with E-state index in [9.17, 15) is 31.2 Å². The summed E-state index contributed by atoms with van der Waals surface area (Å²) in [6.45, 7) is 0.938. The van der Waals surface area contributed by atoms with Crippen LogP contribution in [0.4, 0.5) is 13.2 Å². The minimum Gasteiger partial charge on any atom is -0.274 e. The van der Waals surface area contributed by atoms with E-state index in [4.69, 9.17) is 11.6 Å². The molecule has 0 saturated heterocycles. The molecule has 0 saturated carbocycles. The van der Waals surface area contributed by atoms with Crippen molar-refractivity contribution >= 4 is 26.7 Å². The standard InChI is InChI=1S/C15H16ClF3N4O4S/c1-7(2)21(4)28(26,27)13(24)9-5-12(11(17)6-10(9)16)23-15(25)22(14(18)19)8(3)20-23/h5-7,14H,1-4H3. The summed E-state index contributed by atoms with van der Waals surface area (Å²) >= 11 is 5.82. The maximum absolute atomic E-state index is 14.3. The Morgan fingerprint density at radius 2 is 1.86 bits per heavy atom. The van der Waals surface area contributed by atoms with Crippen molar-refractivity contribution < 1.29 is 26.4 Å². The SMILES string of the molecule is Cc1nn(-c2cc(C(=O)S(=O)(=O)N(C)C(C)C)c(Cl)cc2F)c(=O)n1C(F)F. The molecule has 0 aliphatic heterocycles. The van der Waals surface area contributed by atoms with Gasteiger partial charge in [-0.2, -0.15) is 17.8 Å². The van der Waals surface area contributed by atoms with Gasteiger partial charge in [-0.25, -0.2) is 22.2 Å². The zero-order valence-electron chi connectivity index (χ0n) is 15.2. The Morgan fingerprint density at radius 3 is 2.32 bits per heavy atom. The summed E-state index contributed by atoms with van der Waals surface area (Å²) in [4.78, 5) is 24.6. The molecule has 0 amide bonds. The summed E-state index contributed by atoms with van der Waals surface area (Å²) in [7, 11) is -3.32. The smallest absolute Gasteiger partial charge is 0.274 e. The van der Waals surface area contributed by atoms with E-state index in [-0.39, 0.29) is 4.57 Å². The van der Waals surface area contributed by atoms with E-state index in [1.54, 1.807) is 0 Å².